The van der Waals surface area contributed by atoms with Gasteiger partial charge in [0.2, 0.25) is 0 Å². The van der Waals surface area contributed by atoms with Gasteiger partial charge in [-0.3, -0.25) is 0 Å². The van der Waals surface area contributed by atoms with E-state index in [1.54, 1.807) is 0 Å². The van der Waals surface area contributed by atoms with Crippen molar-refractivity contribution in [1.82, 2.24) is 5.32 Å². The highest BCUT2D eigenvalue weighted by Crippen LogP contribution is 2.33. The second kappa shape index (κ2) is 7.84. The van der Waals surface area contributed by atoms with E-state index in [-0.39, 0.29) is 0 Å². The minimum Gasteiger partial charge on any atom is -0.494 e. The number of para-hydroxylation sites is 1. The maximum atomic E-state index is 5.78. The maximum Gasteiger partial charge on any atom is 0.124 e. The van der Waals surface area contributed by atoms with E-state index < -0.39 is 0 Å². The van der Waals surface area contributed by atoms with Gasteiger partial charge in [-0.15, -0.1) is 0 Å². The fraction of sp³-hybridized carbons (Fsp3) is 0.684. The van der Waals surface area contributed by atoms with Crippen LogP contribution in [0.3, 0.4) is 0 Å². The molecule has 2 heteroatoms. The number of rotatable bonds is 6. The van der Waals surface area contributed by atoms with Crippen molar-refractivity contribution in [3.05, 3.63) is 29.8 Å². The summed E-state index contributed by atoms with van der Waals surface area (Å²) in [5, 5.41) is 3.89. The highest BCUT2D eigenvalue weighted by atomic mass is 16.5. The quantitative estimate of drug-likeness (QED) is 0.800. The molecule has 1 fully saturated rings. The summed E-state index contributed by atoms with van der Waals surface area (Å²) in [6.07, 6.45) is 5.44. The van der Waals surface area contributed by atoms with E-state index in [2.05, 4.69) is 50.4 Å². The molecule has 1 saturated carbocycles. The minimum atomic E-state index is 0.345. The van der Waals surface area contributed by atoms with Crippen molar-refractivity contribution in [3.63, 3.8) is 0 Å². The van der Waals surface area contributed by atoms with Crippen molar-refractivity contribution in [2.24, 2.45) is 11.8 Å². The van der Waals surface area contributed by atoms with Gasteiger partial charge in [-0.1, -0.05) is 44.9 Å². The molecule has 1 N–H and O–H groups in total. The van der Waals surface area contributed by atoms with Crippen LogP contribution in [-0.4, -0.2) is 12.6 Å². The standard InChI is InChI=1S/C19H31NO/c1-5-21-19-13-9-7-11-17(19)15(4)20-18-12-8-6-10-16(18)14(2)3/h7,9,11,13-16,18,20H,5-6,8,10,12H2,1-4H3. The molecule has 0 aliphatic heterocycles. The summed E-state index contributed by atoms with van der Waals surface area (Å²) in [7, 11) is 0. The lowest BCUT2D eigenvalue weighted by Crippen LogP contribution is -2.42. The Morgan fingerprint density at radius 2 is 1.86 bits per heavy atom. The third-order valence-electron chi connectivity index (χ3n) is 4.83. The van der Waals surface area contributed by atoms with Crippen molar-refractivity contribution in [2.45, 2.75) is 65.5 Å². The molecule has 2 nitrogen and oxygen atoms in total. The summed E-state index contributed by atoms with van der Waals surface area (Å²) in [6, 6.07) is 9.42. The molecule has 21 heavy (non-hydrogen) atoms. The zero-order valence-electron chi connectivity index (χ0n) is 14.1. The van der Waals surface area contributed by atoms with Gasteiger partial charge >= 0.3 is 0 Å². The molecule has 0 amide bonds. The zero-order valence-corrected chi connectivity index (χ0v) is 14.1. The molecule has 0 saturated heterocycles. The number of benzene rings is 1. The van der Waals surface area contributed by atoms with E-state index in [1.807, 2.05) is 6.92 Å². The Kier molecular flexibility index (Phi) is 6.10. The van der Waals surface area contributed by atoms with Crippen LogP contribution in [-0.2, 0) is 0 Å². The minimum absolute atomic E-state index is 0.345. The second-order valence-electron chi connectivity index (χ2n) is 6.66. The third-order valence-corrected chi connectivity index (χ3v) is 4.83. The molecule has 0 radical (unpaired) electrons. The van der Waals surface area contributed by atoms with Crippen LogP contribution in [0.5, 0.6) is 5.75 Å². The fourth-order valence-electron chi connectivity index (χ4n) is 3.70. The Hall–Kier alpha value is -1.02. The first-order valence-electron chi connectivity index (χ1n) is 8.61. The van der Waals surface area contributed by atoms with Crippen LogP contribution in [0.1, 0.15) is 65.0 Å². The summed E-state index contributed by atoms with van der Waals surface area (Å²) in [6.45, 7) is 9.77. The van der Waals surface area contributed by atoms with Gasteiger partial charge in [0.05, 0.1) is 6.61 Å². The molecule has 0 heterocycles. The number of hydrogen-bond acceptors (Lipinski definition) is 2. The van der Waals surface area contributed by atoms with E-state index >= 15 is 0 Å². The van der Waals surface area contributed by atoms with E-state index in [0.717, 1.165) is 24.2 Å². The zero-order chi connectivity index (χ0) is 15.2. The molecule has 3 unspecified atom stereocenters. The summed E-state index contributed by atoms with van der Waals surface area (Å²) in [5.74, 6) is 2.59. The highest BCUT2D eigenvalue weighted by Gasteiger charge is 2.28. The summed E-state index contributed by atoms with van der Waals surface area (Å²) >= 11 is 0. The third kappa shape index (κ3) is 4.23. The van der Waals surface area contributed by atoms with Gasteiger partial charge in [0.15, 0.2) is 0 Å². The Morgan fingerprint density at radius 3 is 2.57 bits per heavy atom. The number of ether oxygens (including phenoxy) is 1. The lowest BCUT2D eigenvalue weighted by molar-refractivity contribution is 0.194. The maximum absolute atomic E-state index is 5.78. The van der Waals surface area contributed by atoms with E-state index in [9.17, 15) is 0 Å². The van der Waals surface area contributed by atoms with Gasteiger partial charge in [0, 0.05) is 17.6 Å². The summed E-state index contributed by atoms with van der Waals surface area (Å²) < 4.78 is 5.78. The Bertz CT molecular complexity index is 429. The monoisotopic (exact) mass is 289 g/mol. The molecular weight excluding hydrogens is 258 g/mol. The van der Waals surface area contributed by atoms with E-state index in [1.165, 1.54) is 31.2 Å². The molecule has 2 rings (SSSR count). The number of hydrogen-bond donors (Lipinski definition) is 1. The Labute approximate surface area is 130 Å². The predicted molar refractivity (Wildman–Crippen MR) is 89.7 cm³/mol. The molecule has 0 bridgehead atoms. The molecule has 1 aromatic rings. The van der Waals surface area contributed by atoms with Crippen LogP contribution in [0.15, 0.2) is 24.3 Å². The van der Waals surface area contributed by atoms with Crippen molar-refractivity contribution >= 4 is 0 Å². The summed E-state index contributed by atoms with van der Waals surface area (Å²) in [5.41, 5.74) is 1.28. The Balaban J connectivity index is 2.07. The van der Waals surface area contributed by atoms with Crippen molar-refractivity contribution in [3.8, 4) is 5.75 Å². The molecular formula is C19H31NO. The molecule has 118 valence electrons. The first kappa shape index (κ1) is 16.4. The SMILES string of the molecule is CCOc1ccccc1C(C)NC1CCCCC1C(C)C. The van der Waals surface area contributed by atoms with Gasteiger partial charge in [-0.2, -0.15) is 0 Å². The first-order chi connectivity index (χ1) is 10.1. The molecule has 0 spiro atoms. The van der Waals surface area contributed by atoms with Gasteiger partial charge in [-0.25, -0.2) is 0 Å². The van der Waals surface area contributed by atoms with Crippen LogP contribution in [0.4, 0.5) is 0 Å². The van der Waals surface area contributed by atoms with Gasteiger partial charge < -0.3 is 10.1 Å². The summed E-state index contributed by atoms with van der Waals surface area (Å²) in [4.78, 5) is 0. The van der Waals surface area contributed by atoms with Gasteiger partial charge in [0.1, 0.15) is 5.75 Å². The Morgan fingerprint density at radius 1 is 1.14 bits per heavy atom. The predicted octanol–water partition coefficient (Wildman–Crippen LogP) is 4.95. The molecule has 1 aliphatic rings. The molecule has 1 aromatic carbocycles. The van der Waals surface area contributed by atoms with Gasteiger partial charge in [-0.05, 0) is 44.6 Å². The topological polar surface area (TPSA) is 21.3 Å². The molecule has 1 aliphatic carbocycles. The van der Waals surface area contributed by atoms with Crippen LogP contribution >= 0.6 is 0 Å². The van der Waals surface area contributed by atoms with E-state index in [0.29, 0.717) is 12.1 Å². The average molecular weight is 289 g/mol. The lowest BCUT2D eigenvalue weighted by Gasteiger charge is -2.37. The lowest BCUT2D eigenvalue weighted by atomic mass is 9.77. The second-order valence-corrected chi connectivity index (χ2v) is 6.66. The van der Waals surface area contributed by atoms with Crippen LogP contribution in [0.25, 0.3) is 0 Å². The molecule has 0 aromatic heterocycles. The average Bonchev–Trinajstić information content (AvgIpc) is 2.48. The fourth-order valence-corrected chi connectivity index (χ4v) is 3.70. The van der Waals surface area contributed by atoms with Crippen molar-refractivity contribution in [1.29, 1.82) is 0 Å². The van der Waals surface area contributed by atoms with Crippen molar-refractivity contribution in [2.75, 3.05) is 6.61 Å². The largest absolute Gasteiger partial charge is 0.494 e. The number of nitrogens with one attached hydrogen (secondary N) is 1. The van der Waals surface area contributed by atoms with Crippen LogP contribution in [0.2, 0.25) is 0 Å². The normalized spacial score (nSPS) is 24.0. The smallest absolute Gasteiger partial charge is 0.124 e. The van der Waals surface area contributed by atoms with Crippen molar-refractivity contribution < 1.29 is 4.74 Å². The van der Waals surface area contributed by atoms with Crippen LogP contribution < -0.4 is 10.1 Å². The van der Waals surface area contributed by atoms with E-state index in [4.69, 9.17) is 4.74 Å². The van der Waals surface area contributed by atoms with Gasteiger partial charge in [0.25, 0.3) is 0 Å². The van der Waals surface area contributed by atoms with Crippen LogP contribution in [0, 0.1) is 11.8 Å². The molecule has 3 atom stereocenters. The highest BCUT2D eigenvalue weighted by molar-refractivity contribution is 5.35. The first-order valence-corrected chi connectivity index (χ1v) is 8.61.